The number of aromatic nitrogens is 3. The van der Waals surface area contributed by atoms with Crippen molar-refractivity contribution >= 4 is 11.6 Å². The van der Waals surface area contributed by atoms with Gasteiger partial charge >= 0.3 is 0 Å². The molecule has 0 aliphatic rings. The van der Waals surface area contributed by atoms with Gasteiger partial charge in [0.15, 0.2) is 0 Å². The largest absolute Gasteiger partial charge is 0.370 e. The van der Waals surface area contributed by atoms with E-state index in [1.165, 1.54) is 0 Å². The first-order valence-electron chi connectivity index (χ1n) is 5.60. The van der Waals surface area contributed by atoms with Crippen molar-refractivity contribution in [2.75, 3.05) is 17.2 Å². The van der Waals surface area contributed by atoms with Crippen molar-refractivity contribution in [2.24, 2.45) is 0 Å². The summed E-state index contributed by atoms with van der Waals surface area (Å²) in [7, 11) is 0. The Kier molecular flexibility index (Phi) is 3.85. The standard InChI is InChI=1S/C12H15N5/c1-2-13-11-6-3-7-12(16-11)14-9-10-5-4-8-15-17-10/h3-8H,2,9H2,1H3,(H2,13,14,16). The first-order valence-corrected chi connectivity index (χ1v) is 5.60. The van der Waals surface area contributed by atoms with Gasteiger partial charge in [-0.25, -0.2) is 4.98 Å². The van der Waals surface area contributed by atoms with Gasteiger partial charge in [0.05, 0.1) is 12.2 Å². The molecule has 2 aromatic rings. The third-order valence-corrected chi connectivity index (χ3v) is 2.19. The van der Waals surface area contributed by atoms with E-state index in [0.717, 1.165) is 23.9 Å². The van der Waals surface area contributed by atoms with Crippen LogP contribution in [0.15, 0.2) is 36.5 Å². The maximum Gasteiger partial charge on any atom is 0.128 e. The van der Waals surface area contributed by atoms with Crippen LogP contribution in [0.4, 0.5) is 11.6 Å². The normalized spacial score (nSPS) is 9.94. The fraction of sp³-hybridized carbons (Fsp3) is 0.250. The van der Waals surface area contributed by atoms with E-state index in [1.807, 2.05) is 37.3 Å². The maximum absolute atomic E-state index is 4.41. The average Bonchev–Trinajstić information content (AvgIpc) is 2.39. The van der Waals surface area contributed by atoms with E-state index in [9.17, 15) is 0 Å². The van der Waals surface area contributed by atoms with Gasteiger partial charge < -0.3 is 10.6 Å². The van der Waals surface area contributed by atoms with Crippen LogP contribution < -0.4 is 10.6 Å². The first kappa shape index (κ1) is 11.3. The average molecular weight is 229 g/mol. The Hall–Kier alpha value is -2.17. The number of hydrogen-bond donors (Lipinski definition) is 2. The molecule has 5 heteroatoms. The van der Waals surface area contributed by atoms with Crippen LogP contribution in [0.2, 0.25) is 0 Å². The van der Waals surface area contributed by atoms with E-state index in [-0.39, 0.29) is 0 Å². The quantitative estimate of drug-likeness (QED) is 0.820. The lowest BCUT2D eigenvalue weighted by Gasteiger charge is -2.07. The molecule has 0 saturated carbocycles. The predicted molar refractivity (Wildman–Crippen MR) is 67.8 cm³/mol. The second-order valence-corrected chi connectivity index (χ2v) is 3.51. The zero-order valence-electron chi connectivity index (χ0n) is 9.72. The molecular formula is C12H15N5. The topological polar surface area (TPSA) is 62.7 Å². The van der Waals surface area contributed by atoms with E-state index >= 15 is 0 Å². The Morgan fingerprint density at radius 3 is 2.59 bits per heavy atom. The molecule has 2 N–H and O–H groups in total. The highest BCUT2D eigenvalue weighted by molar-refractivity contribution is 5.45. The van der Waals surface area contributed by atoms with Gasteiger partial charge in [-0.2, -0.15) is 10.2 Å². The fourth-order valence-electron chi connectivity index (χ4n) is 1.42. The van der Waals surface area contributed by atoms with Crippen molar-refractivity contribution in [1.29, 1.82) is 0 Å². The molecule has 0 atom stereocenters. The minimum atomic E-state index is 0.621. The number of rotatable bonds is 5. The van der Waals surface area contributed by atoms with Crippen molar-refractivity contribution in [3.8, 4) is 0 Å². The molecule has 0 unspecified atom stereocenters. The molecule has 0 aromatic carbocycles. The van der Waals surface area contributed by atoms with Gasteiger partial charge in [0.25, 0.3) is 0 Å². The second kappa shape index (κ2) is 5.79. The molecule has 0 aliphatic carbocycles. The van der Waals surface area contributed by atoms with E-state index in [0.29, 0.717) is 6.54 Å². The van der Waals surface area contributed by atoms with Crippen molar-refractivity contribution in [1.82, 2.24) is 15.2 Å². The number of anilines is 2. The zero-order valence-corrected chi connectivity index (χ0v) is 9.72. The summed E-state index contributed by atoms with van der Waals surface area (Å²) in [4.78, 5) is 4.41. The third-order valence-electron chi connectivity index (χ3n) is 2.19. The summed E-state index contributed by atoms with van der Waals surface area (Å²) in [5.74, 6) is 1.70. The Bertz CT molecular complexity index is 457. The maximum atomic E-state index is 4.41. The Morgan fingerprint density at radius 2 is 1.88 bits per heavy atom. The van der Waals surface area contributed by atoms with Gasteiger partial charge in [-0.05, 0) is 31.2 Å². The van der Waals surface area contributed by atoms with Crippen LogP contribution in [0.3, 0.4) is 0 Å². The van der Waals surface area contributed by atoms with Crippen molar-refractivity contribution in [3.63, 3.8) is 0 Å². The Labute approximate surface area is 100 Å². The molecule has 0 radical (unpaired) electrons. The summed E-state index contributed by atoms with van der Waals surface area (Å²) in [6, 6.07) is 9.62. The second-order valence-electron chi connectivity index (χ2n) is 3.51. The van der Waals surface area contributed by atoms with E-state index < -0.39 is 0 Å². The predicted octanol–water partition coefficient (Wildman–Crippen LogP) is 1.92. The molecule has 0 bridgehead atoms. The minimum absolute atomic E-state index is 0.621. The molecule has 0 fully saturated rings. The third kappa shape index (κ3) is 3.41. The van der Waals surface area contributed by atoms with E-state index in [2.05, 4.69) is 25.8 Å². The van der Waals surface area contributed by atoms with Crippen molar-refractivity contribution in [3.05, 3.63) is 42.2 Å². The lowest BCUT2D eigenvalue weighted by Crippen LogP contribution is -2.05. The smallest absolute Gasteiger partial charge is 0.128 e. The Morgan fingerprint density at radius 1 is 1.06 bits per heavy atom. The molecule has 5 nitrogen and oxygen atoms in total. The van der Waals surface area contributed by atoms with E-state index in [1.54, 1.807) is 6.20 Å². The van der Waals surface area contributed by atoms with E-state index in [4.69, 9.17) is 0 Å². The SMILES string of the molecule is CCNc1cccc(NCc2cccnn2)n1. The van der Waals surface area contributed by atoms with Crippen LogP contribution in [0, 0.1) is 0 Å². The molecule has 2 heterocycles. The number of pyridine rings is 1. The Balaban J connectivity index is 1.97. The van der Waals surface area contributed by atoms with Crippen LogP contribution in [-0.4, -0.2) is 21.7 Å². The summed E-state index contributed by atoms with van der Waals surface area (Å²) in [6.07, 6.45) is 1.66. The summed E-state index contributed by atoms with van der Waals surface area (Å²) < 4.78 is 0. The van der Waals surface area contributed by atoms with Crippen LogP contribution in [0.25, 0.3) is 0 Å². The molecule has 0 saturated heterocycles. The molecule has 0 aliphatic heterocycles. The van der Waals surface area contributed by atoms with Gasteiger partial charge in [0, 0.05) is 12.7 Å². The van der Waals surface area contributed by atoms with Gasteiger partial charge in [-0.15, -0.1) is 0 Å². The lowest BCUT2D eigenvalue weighted by molar-refractivity contribution is 0.920. The van der Waals surface area contributed by atoms with Crippen molar-refractivity contribution < 1.29 is 0 Å². The zero-order chi connectivity index (χ0) is 11.9. The highest BCUT2D eigenvalue weighted by Gasteiger charge is 1.97. The van der Waals surface area contributed by atoms with Crippen LogP contribution in [-0.2, 0) is 6.54 Å². The lowest BCUT2D eigenvalue weighted by atomic mass is 10.3. The van der Waals surface area contributed by atoms with Gasteiger partial charge in [-0.3, -0.25) is 0 Å². The molecule has 2 rings (SSSR count). The molecule has 2 aromatic heterocycles. The molecule has 0 amide bonds. The minimum Gasteiger partial charge on any atom is -0.370 e. The highest BCUT2D eigenvalue weighted by Crippen LogP contribution is 2.09. The summed E-state index contributed by atoms with van der Waals surface area (Å²) in [6.45, 7) is 3.53. The first-order chi connectivity index (χ1) is 8.38. The number of nitrogens with one attached hydrogen (secondary N) is 2. The number of nitrogens with zero attached hydrogens (tertiary/aromatic N) is 3. The monoisotopic (exact) mass is 229 g/mol. The molecule has 17 heavy (non-hydrogen) atoms. The summed E-state index contributed by atoms with van der Waals surface area (Å²) >= 11 is 0. The van der Waals surface area contributed by atoms with Gasteiger partial charge in [-0.1, -0.05) is 6.07 Å². The van der Waals surface area contributed by atoms with Crippen LogP contribution >= 0.6 is 0 Å². The van der Waals surface area contributed by atoms with Crippen LogP contribution in [0.5, 0.6) is 0 Å². The van der Waals surface area contributed by atoms with Gasteiger partial charge in [0.1, 0.15) is 11.6 Å². The van der Waals surface area contributed by atoms with Crippen LogP contribution in [0.1, 0.15) is 12.6 Å². The molecular weight excluding hydrogens is 214 g/mol. The molecule has 88 valence electrons. The number of hydrogen-bond acceptors (Lipinski definition) is 5. The fourth-order valence-corrected chi connectivity index (χ4v) is 1.42. The van der Waals surface area contributed by atoms with Gasteiger partial charge in [0.2, 0.25) is 0 Å². The summed E-state index contributed by atoms with van der Waals surface area (Å²) in [5, 5.41) is 14.2. The van der Waals surface area contributed by atoms with Crippen molar-refractivity contribution in [2.45, 2.75) is 13.5 Å². The molecule has 0 spiro atoms. The summed E-state index contributed by atoms with van der Waals surface area (Å²) in [5.41, 5.74) is 0.892. The highest BCUT2D eigenvalue weighted by atomic mass is 15.1.